The Balaban J connectivity index is 4.01. The first-order chi connectivity index (χ1) is 9.67. The molecule has 0 amide bonds. The summed E-state index contributed by atoms with van der Waals surface area (Å²) >= 11 is 0. The van der Waals surface area contributed by atoms with Crippen LogP contribution in [-0.4, -0.2) is 49.4 Å². The molecule has 5 nitrogen and oxygen atoms in total. The van der Waals surface area contributed by atoms with Crippen molar-refractivity contribution in [1.29, 1.82) is 0 Å². The van der Waals surface area contributed by atoms with Crippen molar-refractivity contribution in [1.82, 2.24) is 9.80 Å². The van der Waals surface area contributed by atoms with Crippen molar-refractivity contribution in [3.63, 3.8) is 0 Å². The Morgan fingerprint density at radius 2 is 1.05 bits per heavy atom. The van der Waals surface area contributed by atoms with Crippen LogP contribution < -0.4 is 0 Å². The van der Waals surface area contributed by atoms with E-state index in [4.69, 9.17) is 9.05 Å². The molecule has 0 rings (SSSR count). The van der Waals surface area contributed by atoms with E-state index in [-0.39, 0.29) is 13.5 Å². The van der Waals surface area contributed by atoms with E-state index < -0.39 is 8.25 Å². The van der Waals surface area contributed by atoms with Crippen LogP contribution in [0, 0.1) is 0 Å². The summed E-state index contributed by atoms with van der Waals surface area (Å²) in [5.41, 5.74) is 0. The molecule has 0 aromatic rings. The molecule has 0 N–H and O–H groups in total. The fraction of sp³-hybridized carbons (Fsp3) is 0.429. The van der Waals surface area contributed by atoms with Crippen LogP contribution in [-0.2, 0) is 13.6 Å². The molecule has 0 saturated carbocycles. The van der Waals surface area contributed by atoms with Gasteiger partial charge in [0.15, 0.2) is 0 Å². The molecular weight excluding hydrogens is 275 g/mol. The Hall–Kier alpha value is -0.970. The molecule has 6 heteroatoms. The number of nitrogens with zero attached hydrogens (tertiary/aromatic N) is 2. The van der Waals surface area contributed by atoms with Crippen LogP contribution in [0.1, 0.15) is 0 Å². The third kappa shape index (κ3) is 9.89. The molecule has 0 unspecified atom stereocenters. The van der Waals surface area contributed by atoms with Crippen LogP contribution >= 0.6 is 8.25 Å². The predicted octanol–water partition coefficient (Wildman–Crippen LogP) is 2.67. The third-order valence-corrected chi connectivity index (χ3v) is 3.01. The summed E-state index contributed by atoms with van der Waals surface area (Å²) < 4.78 is 22.0. The summed E-state index contributed by atoms with van der Waals surface area (Å²) in [6, 6.07) is 0. The monoisotopic (exact) mass is 300 g/mol. The highest BCUT2D eigenvalue weighted by atomic mass is 31.1. The fourth-order valence-electron chi connectivity index (χ4n) is 1.42. The molecule has 0 aromatic carbocycles. The lowest BCUT2D eigenvalue weighted by atomic mass is 10.5. The minimum Gasteiger partial charge on any atom is -0.295 e. The summed E-state index contributed by atoms with van der Waals surface area (Å²) in [5, 5.41) is 0. The summed E-state index contributed by atoms with van der Waals surface area (Å²) in [6.45, 7) is 17.6. The summed E-state index contributed by atoms with van der Waals surface area (Å²) in [7, 11) is -2.52. The Bertz CT molecular complexity index is 284. The third-order valence-electron chi connectivity index (χ3n) is 2.28. The minimum atomic E-state index is -2.52. The van der Waals surface area contributed by atoms with Crippen molar-refractivity contribution in [2.75, 3.05) is 39.6 Å². The van der Waals surface area contributed by atoms with Gasteiger partial charge in [0.25, 0.3) is 0 Å². The average molecular weight is 300 g/mol. The van der Waals surface area contributed by atoms with Crippen LogP contribution in [0.5, 0.6) is 0 Å². The molecule has 0 fully saturated rings. The van der Waals surface area contributed by atoms with Gasteiger partial charge in [0.2, 0.25) is 0 Å². The van der Waals surface area contributed by atoms with Crippen molar-refractivity contribution in [2.24, 2.45) is 0 Å². The number of hydrogen-bond donors (Lipinski definition) is 0. The van der Waals surface area contributed by atoms with Crippen LogP contribution in [0.4, 0.5) is 0 Å². The zero-order valence-corrected chi connectivity index (χ0v) is 13.0. The molecule has 0 radical (unpaired) electrons. The number of rotatable bonds is 14. The van der Waals surface area contributed by atoms with Gasteiger partial charge in [0, 0.05) is 26.2 Å². The smallest absolute Gasteiger partial charge is 0.295 e. The largest absolute Gasteiger partial charge is 0.321 e. The Kier molecular flexibility index (Phi) is 12.4. The maximum Gasteiger partial charge on any atom is 0.321 e. The van der Waals surface area contributed by atoms with Gasteiger partial charge >= 0.3 is 8.25 Å². The van der Waals surface area contributed by atoms with E-state index in [1.807, 2.05) is 9.80 Å². The van der Waals surface area contributed by atoms with E-state index in [1.165, 1.54) is 0 Å². The van der Waals surface area contributed by atoms with E-state index in [1.54, 1.807) is 24.3 Å². The van der Waals surface area contributed by atoms with Gasteiger partial charge < -0.3 is 0 Å². The average Bonchev–Trinajstić information content (AvgIpc) is 2.43. The van der Waals surface area contributed by atoms with E-state index in [9.17, 15) is 4.57 Å². The van der Waals surface area contributed by atoms with E-state index in [0.29, 0.717) is 26.2 Å². The molecular formula is C14H25N2O3P. The lowest BCUT2D eigenvalue weighted by Crippen LogP contribution is -2.27. The predicted molar refractivity (Wildman–Crippen MR) is 84.8 cm³/mol. The Morgan fingerprint density at radius 1 is 0.750 bits per heavy atom. The highest BCUT2D eigenvalue weighted by Gasteiger charge is 2.07. The van der Waals surface area contributed by atoms with Gasteiger partial charge in [-0.2, -0.15) is 0 Å². The fourth-order valence-corrected chi connectivity index (χ4v) is 2.08. The van der Waals surface area contributed by atoms with Gasteiger partial charge in [-0.25, -0.2) is 0 Å². The highest BCUT2D eigenvalue weighted by Crippen LogP contribution is 2.24. The quantitative estimate of drug-likeness (QED) is 0.280. The van der Waals surface area contributed by atoms with Gasteiger partial charge in [-0.15, -0.1) is 26.3 Å². The first-order valence-corrected chi connectivity index (χ1v) is 7.58. The van der Waals surface area contributed by atoms with E-state index >= 15 is 0 Å². The molecule has 0 aliphatic heterocycles. The van der Waals surface area contributed by atoms with Crippen molar-refractivity contribution in [2.45, 2.75) is 0 Å². The Morgan fingerprint density at radius 3 is 1.30 bits per heavy atom. The van der Waals surface area contributed by atoms with Gasteiger partial charge in [0.05, 0.1) is 0 Å². The van der Waals surface area contributed by atoms with Crippen LogP contribution in [0.15, 0.2) is 50.6 Å². The van der Waals surface area contributed by atoms with E-state index in [0.717, 1.165) is 0 Å². The molecule has 0 aromatic heterocycles. The van der Waals surface area contributed by atoms with Gasteiger partial charge in [-0.3, -0.25) is 23.4 Å². The molecule has 0 heterocycles. The van der Waals surface area contributed by atoms with Crippen LogP contribution in [0.3, 0.4) is 0 Å². The lowest BCUT2D eigenvalue weighted by molar-refractivity contribution is 0.0987. The molecule has 0 aliphatic carbocycles. The van der Waals surface area contributed by atoms with Crippen molar-refractivity contribution < 1.29 is 13.6 Å². The lowest BCUT2D eigenvalue weighted by Gasteiger charge is -2.20. The molecule has 114 valence electrons. The van der Waals surface area contributed by atoms with Gasteiger partial charge in [-0.1, -0.05) is 24.3 Å². The topological polar surface area (TPSA) is 42.0 Å². The first kappa shape index (κ1) is 19.0. The van der Waals surface area contributed by atoms with Gasteiger partial charge in [0.1, 0.15) is 13.5 Å². The maximum absolute atomic E-state index is 11.7. The van der Waals surface area contributed by atoms with Crippen molar-refractivity contribution in [3.8, 4) is 0 Å². The van der Waals surface area contributed by atoms with Crippen molar-refractivity contribution >= 4 is 8.25 Å². The Labute approximate surface area is 122 Å². The first-order valence-electron chi connectivity index (χ1n) is 6.35. The summed E-state index contributed by atoms with van der Waals surface area (Å²) in [5.74, 6) is 0. The normalized spacial score (nSPS) is 10.9. The molecule has 0 spiro atoms. The molecule has 0 atom stereocenters. The zero-order valence-electron chi connectivity index (χ0n) is 12.0. The van der Waals surface area contributed by atoms with E-state index in [2.05, 4.69) is 26.3 Å². The zero-order chi connectivity index (χ0) is 15.2. The second-order valence-corrected chi connectivity index (χ2v) is 5.10. The van der Waals surface area contributed by atoms with Crippen LogP contribution in [0.2, 0.25) is 0 Å². The van der Waals surface area contributed by atoms with Crippen LogP contribution in [0.25, 0.3) is 0 Å². The highest BCUT2D eigenvalue weighted by molar-refractivity contribution is 7.33. The molecule has 20 heavy (non-hydrogen) atoms. The van der Waals surface area contributed by atoms with Crippen molar-refractivity contribution in [3.05, 3.63) is 50.6 Å². The SMILES string of the molecule is C=CCN(CC=C)CO[PH](=O)OCN(CC=C)CC=C. The number of hydrogen-bond acceptors (Lipinski definition) is 5. The standard InChI is InChI=1S/C14H25N2O3P/c1-5-9-15(10-6-2)13-18-20(17)19-14-16(11-7-3)12-8-4/h5-8,20H,1-4,9-14H2. The summed E-state index contributed by atoms with van der Waals surface area (Å²) in [6.07, 6.45) is 7.00. The molecule has 0 saturated heterocycles. The molecule has 0 bridgehead atoms. The molecule has 0 aliphatic rings. The maximum atomic E-state index is 11.7. The summed E-state index contributed by atoms with van der Waals surface area (Å²) in [4.78, 5) is 3.80. The van der Waals surface area contributed by atoms with Gasteiger partial charge in [-0.05, 0) is 0 Å². The minimum absolute atomic E-state index is 0.221. The second-order valence-electron chi connectivity index (χ2n) is 4.02. The second kappa shape index (κ2) is 13.0.